The molecular weight excluding hydrogens is 228 g/mol. The van der Waals surface area contributed by atoms with E-state index in [2.05, 4.69) is 0 Å². The zero-order valence-electron chi connectivity index (χ0n) is 11.4. The minimum absolute atomic E-state index is 0.288. The smallest absolute Gasteiger partial charge is 0.161 e. The maximum absolute atomic E-state index is 10.0. The van der Waals surface area contributed by atoms with Gasteiger partial charge in [0.15, 0.2) is 11.5 Å². The highest BCUT2D eigenvalue weighted by Gasteiger charge is 2.21. The van der Waals surface area contributed by atoms with Crippen molar-refractivity contribution in [2.45, 2.75) is 51.2 Å². The molecule has 0 heterocycles. The van der Waals surface area contributed by atoms with E-state index in [4.69, 9.17) is 9.47 Å². The van der Waals surface area contributed by atoms with Crippen LogP contribution in [0.15, 0.2) is 18.2 Å². The normalized spacial score (nSPS) is 16.9. The number of hydrogen-bond acceptors (Lipinski definition) is 3. The zero-order chi connectivity index (χ0) is 13.2. The summed E-state index contributed by atoms with van der Waals surface area (Å²) < 4.78 is 11.3. The summed E-state index contributed by atoms with van der Waals surface area (Å²) in [6.07, 6.45) is 4.97. The highest BCUT2D eigenvalue weighted by Crippen LogP contribution is 2.35. The fraction of sp³-hybridized carbons (Fsp3) is 0.600. The lowest BCUT2D eigenvalue weighted by Crippen LogP contribution is -2.17. The predicted molar refractivity (Wildman–Crippen MR) is 71.1 cm³/mol. The Bertz CT molecular complexity index is 401. The van der Waals surface area contributed by atoms with Crippen molar-refractivity contribution in [2.75, 3.05) is 7.11 Å². The van der Waals surface area contributed by atoms with Crippen molar-refractivity contribution in [1.29, 1.82) is 0 Å². The lowest BCUT2D eigenvalue weighted by Gasteiger charge is -2.21. The predicted octanol–water partition coefficient (Wildman–Crippen LogP) is 3.24. The number of hydrogen-bond donors (Lipinski definition) is 1. The summed E-state index contributed by atoms with van der Waals surface area (Å²) in [6, 6.07) is 5.62. The van der Waals surface area contributed by atoms with Crippen LogP contribution in [0.1, 0.15) is 45.1 Å². The molecule has 0 spiro atoms. The number of ether oxygens (including phenoxy) is 2. The van der Waals surface area contributed by atoms with Gasteiger partial charge in [0.25, 0.3) is 0 Å². The van der Waals surface area contributed by atoms with Gasteiger partial charge in [0.05, 0.1) is 18.8 Å². The Hall–Kier alpha value is -1.22. The summed E-state index contributed by atoms with van der Waals surface area (Å²) in [6.45, 7) is 3.54. The number of methoxy groups -OCH3 is 1. The standard InChI is InChI=1S/C15H22O3/c1-15(2,16)11-8-9-13(17-3)14(10-11)18-12-6-4-5-7-12/h8-10,12,16H,4-7H2,1-3H3. The molecule has 0 atom stereocenters. The van der Waals surface area contributed by atoms with Gasteiger partial charge in [-0.25, -0.2) is 0 Å². The Labute approximate surface area is 109 Å². The molecule has 18 heavy (non-hydrogen) atoms. The van der Waals surface area contributed by atoms with Crippen molar-refractivity contribution in [2.24, 2.45) is 0 Å². The van der Waals surface area contributed by atoms with E-state index < -0.39 is 5.60 Å². The Morgan fingerprint density at radius 3 is 2.39 bits per heavy atom. The van der Waals surface area contributed by atoms with Gasteiger partial charge in [0, 0.05) is 0 Å². The Kier molecular flexibility index (Phi) is 3.81. The van der Waals surface area contributed by atoms with Crippen LogP contribution in [0.25, 0.3) is 0 Å². The fourth-order valence-electron chi connectivity index (χ4n) is 2.34. The second kappa shape index (κ2) is 5.19. The fourth-order valence-corrected chi connectivity index (χ4v) is 2.34. The van der Waals surface area contributed by atoms with Crippen LogP contribution in [0.5, 0.6) is 11.5 Å². The number of benzene rings is 1. The van der Waals surface area contributed by atoms with E-state index in [1.165, 1.54) is 12.8 Å². The molecule has 0 bridgehead atoms. The van der Waals surface area contributed by atoms with Crippen molar-refractivity contribution in [3.8, 4) is 11.5 Å². The van der Waals surface area contributed by atoms with Gasteiger partial charge < -0.3 is 14.6 Å². The van der Waals surface area contributed by atoms with E-state index in [-0.39, 0.29) is 6.10 Å². The summed E-state index contributed by atoms with van der Waals surface area (Å²) in [7, 11) is 1.64. The molecule has 0 aliphatic heterocycles. The molecule has 3 heteroatoms. The molecular formula is C15H22O3. The largest absolute Gasteiger partial charge is 0.493 e. The molecule has 1 saturated carbocycles. The van der Waals surface area contributed by atoms with Crippen molar-refractivity contribution in [1.82, 2.24) is 0 Å². The molecule has 1 aliphatic carbocycles. The molecule has 2 rings (SSSR count). The van der Waals surface area contributed by atoms with Crippen LogP contribution in [0.3, 0.4) is 0 Å². The Morgan fingerprint density at radius 2 is 1.83 bits per heavy atom. The highest BCUT2D eigenvalue weighted by atomic mass is 16.5. The first-order chi connectivity index (χ1) is 8.50. The molecule has 1 fully saturated rings. The molecule has 0 amide bonds. The first-order valence-electron chi connectivity index (χ1n) is 6.58. The van der Waals surface area contributed by atoms with Crippen molar-refractivity contribution in [3.63, 3.8) is 0 Å². The summed E-state index contributed by atoms with van der Waals surface area (Å²) in [5, 5.41) is 10.0. The SMILES string of the molecule is COc1ccc(C(C)(C)O)cc1OC1CCCC1. The third kappa shape index (κ3) is 2.96. The molecule has 100 valence electrons. The van der Waals surface area contributed by atoms with Crippen molar-refractivity contribution >= 4 is 0 Å². The third-order valence-corrected chi connectivity index (χ3v) is 3.47. The van der Waals surface area contributed by atoms with Gasteiger partial charge in [-0.2, -0.15) is 0 Å². The maximum Gasteiger partial charge on any atom is 0.161 e. The Balaban J connectivity index is 2.24. The topological polar surface area (TPSA) is 38.7 Å². The molecule has 1 aromatic carbocycles. The van der Waals surface area contributed by atoms with E-state index in [9.17, 15) is 5.11 Å². The quantitative estimate of drug-likeness (QED) is 0.891. The van der Waals surface area contributed by atoms with Crippen LogP contribution in [0.4, 0.5) is 0 Å². The molecule has 0 radical (unpaired) electrons. The zero-order valence-corrected chi connectivity index (χ0v) is 11.4. The van der Waals surface area contributed by atoms with E-state index in [1.54, 1.807) is 21.0 Å². The van der Waals surface area contributed by atoms with Crippen molar-refractivity contribution < 1.29 is 14.6 Å². The first-order valence-corrected chi connectivity index (χ1v) is 6.58. The van der Waals surface area contributed by atoms with Crippen LogP contribution in [-0.4, -0.2) is 18.3 Å². The molecule has 0 unspecified atom stereocenters. The van der Waals surface area contributed by atoms with Gasteiger partial charge in [0.2, 0.25) is 0 Å². The van der Waals surface area contributed by atoms with E-state index in [0.717, 1.165) is 29.9 Å². The van der Waals surface area contributed by atoms with Crippen LogP contribution in [0, 0.1) is 0 Å². The summed E-state index contributed by atoms with van der Waals surface area (Å²) in [5.41, 5.74) is -0.0173. The van der Waals surface area contributed by atoms with Gasteiger partial charge in [-0.05, 0) is 57.2 Å². The van der Waals surface area contributed by atoms with Crippen LogP contribution in [-0.2, 0) is 5.60 Å². The van der Waals surface area contributed by atoms with Crippen LogP contribution in [0.2, 0.25) is 0 Å². The average molecular weight is 250 g/mol. The summed E-state index contributed by atoms with van der Waals surface area (Å²) in [5.74, 6) is 1.47. The molecule has 0 saturated heterocycles. The van der Waals surface area contributed by atoms with Crippen LogP contribution < -0.4 is 9.47 Å². The average Bonchev–Trinajstić information content (AvgIpc) is 2.80. The molecule has 1 aromatic rings. The van der Waals surface area contributed by atoms with E-state index >= 15 is 0 Å². The first kappa shape index (κ1) is 13.2. The second-order valence-corrected chi connectivity index (χ2v) is 5.45. The lowest BCUT2D eigenvalue weighted by atomic mass is 9.98. The monoisotopic (exact) mass is 250 g/mol. The maximum atomic E-state index is 10.0. The molecule has 1 N–H and O–H groups in total. The van der Waals surface area contributed by atoms with Crippen LogP contribution >= 0.6 is 0 Å². The Morgan fingerprint density at radius 1 is 1.17 bits per heavy atom. The third-order valence-electron chi connectivity index (χ3n) is 3.47. The van der Waals surface area contributed by atoms with E-state index in [0.29, 0.717) is 0 Å². The molecule has 0 aromatic heterocycles. The molecule has 1 aliphatic rings. The van der Waals surface area contributed by atoms with Gasteiger partial charge >= 0.3 is 0 Å². The van der Waals surface area contributed by atoms with Gasteiger partial charge in [-0.1, -0.05) is 6.07 Å². The van der Waals surface area contributed by atoms with Gasteiger partial charge in [-0.3, -0.25) is 0 Å². The summed E-state index contributed by atoms with van der Waals surface area (Å²) >= 11 is 0. The van der Waals surface area contributed by atoms with Crippen molar-refractivity contribution in [3.05, 3.63) is 23.8 Å². The number of aliphatic hydroxyl groups is 1. The summed E-state index contributed by atoms with van der Waals surface area (Å²) in [4.78, 5) is 0. The minimum Gasteiger partial charge on any atom is -0.493 e. The van der Waals surface area contributed by atoms with E-state index in [1.807, 2.05) is 18.2 Å². The molecule has 3 nitrogen and oxygen atoms in total. The lowest BCUT2D eigenvalue weighted by molar-refractivity contribution is 0.0778. The number of rotatable bonds is 4. The minimum atomic E-state index is -0.861. The van der Waals surface area contributed by atoms with Gasteiger partial charge in [-0.15, -0.1) is 0 Å². The highest BCUT2D eigenvalue weighted by molar-refractivity contribution is 5.44. The van der Waals surface area contributed by atoms with Gasteiger partial charge in [0.1, 0.15) is 0 Å². The second-order valence-electron chi connectivity index (χ2n) is 5.45.